The van der Waals surface area contributed by atoms with Crippen molar-refractivity contribution in [3.05, 3.63) is 53.3 Å². The van der Waals surface area contributed by atoms with Gasteiger partial charge >= 0.3 is 12.1 Å². The molecule has 0 radical (unpaired) electrons. The number of nitrogens with zero attached hydrogens (tertiary/aromatic N) is 5. The Bertz CT molecular complexity index is 2570. The second kappa shape index (κ2) is 17.8. The summed E-state index contributed by atoms with van der Waals surface area (Å²) < 4.78 is 90.0. The number of carbonyl (C=O) groups is 1. The summed E-state index contributed by atoms with van der Waals surface area (Å²) in [6.07, 6.45) is 1.89. The third-order valence-electron chi connectivity index (χ3n) is 14.8. The Labute approximate surface area is 387 Å². The molecule has 4 aromatic rings. The van der Waals surface area contributed by atoms with Gasteiger partial charge in [-0.3, -0.25) is 9.80 Å². The quantitative estimate of drug-likeness (QED) is 0.0631. The maximum Gasteiger partial charge on any atom is 0.411 e. The molecule has 15 heteroatoms. The lowest BCUT2D eigenvalue weighted by Crippen LogP contribution is -2.63. The van der Waals surface area contributed by atoms with Gasteiger partial charge in [0.1, 0.15) is 43.6 Å². The maximum atomic E-state index is 18.0. The number of carbonyl (C=O) groups excluding carboxylic acids is 1. The van der Waals surface area contributed by atoms with Crippen molar-refractivity contribution in [2.45, 2.75) is 147 Å². The van der Waals surface area contributed by atoms with Crippen LogP contribution in [0.3, 0.4) is 0 Å². The topological polar surface area (TPSA) is 89.5 Å². The fourth-order valence-electron chi connectivity index (χ4n) is 12.0. The molecule has 356 valence electrons. The summed E-state index contributed by atoms with van der Waals surface area (Å²) in [5, 5.41) is 0.417. The molecule has 1 amide bonds. The summed E-state index contributed by atoms with van der Waals surface area (Å²) in [5.41, 5.74) is 2.47. The summed E-state index contributed by atoms with van der Waals surface area (Å²) in [7, 11) is -0.919. The van der Waals surface area contributed by atoms with Crippen LogP contribution in [-0.4, -0.2) is 110 Å². The van der Waals surface area contributed by atoms with Crippen molar-refractivity contribution in [3.8, 4) is 34.4 Å². The lowest BCUT2D eigenvalue weighted by Gasteiger charge is -2.47. The highest BCUT2D eigenvalue weighted by Crippen LogP contribution is 2.47. The molecule has 5 heterocycles. The Morgan fingerprint density at radius 2 is 1.70 bits per heavy atom. The van der Waals surface area contributed by atoms with E-state index in [-0.39, 0.29) is 64.3 Å². The molecule has 0 saturated carbocycles. The Hall–Kier alpha value is -4.65. The number of halogens is 4. The van der Waals surface area contributed by atoms with E-state index in [1.54, 1.807) is 23.1 Å². The van der Waals surface area contributed by atoms with Crippen molar-refractivity contribution in [2.75, 3.05) is 51.6 Å². The third-order valence-corrected chi connectivity index (χ3v) is 21.1. The molecule has 0 N–H and O–H groups in total. The molecule has 66 heavy (non-hydrogen) atoms. The first-order chi connectivity index (χ1) is 31.1. The largest absolute Gasteiger partial charge is 0.464 e. The number of amides is 1. The first-order valence-electron chi connectivity index (χ1n) is 23.5. The Balaban J connectivity index is 1.32. The summed E-state index contributed by atoms with van der Waals surface area (Å²) >= 11 is 0. The maximum absolute atomic E-state index is 18.0. The molecule has 0 aliphatic carbocycles. The molecular formula is C51H65F4N5O5Si. The van der Waals surface area contributed by atoms with Crippen LogP contribution < -0.4 is 14.4 Å². The Kier molecular flexibility index (Phi) is 12.9. The van der Waals surface area contributed by atoms with Crippen molar-refractivity contribution in [1.82, 2.24) is 19.8 Å². The Morgan fingerprint density at radius 3 is 2.36 bits per heavy atom. The van der Waals surface area contributed by atoms with E-state index in [1.165, 1.54) is 19.2 Å². The molecule has 4 atom stereocenters. The highest BCUT2D eigenvalue weighted by Gasteiger charge is 2.53. The summed E-state index contributed by atoms with van der Waals surface area (Å²) in [4.78, 5) is 29.1. The van der Waals surface area contributed by atoms with Crippen molar-refractivity contribution in [1.29, 1.82) is 0 Å². The SMILES string of the molecule is COCOc1cc(-c2c(F)cc3c(N4C[C@H]5CC[C@@](C)(C4)N5C(=O)OC(C)(C)C)nc(OC[C@@]45CCCN4C[C@H](F)C5)nc3c2F)c2c(C#C[Si](C(C)C)(C(C)C)C(C)C)cccc2c1F. The average Bonchev–Trinajstić information content (AvgIpc) is 3.84. The number of ether oxygens (including phenoxy) is 4. The monoisotopic (exact) mass is 931 g/mol. The zero-order valence-electron chi connectivity index (χ0n) is 40.3. The number of rotatable bonds is 11. The van der Waals surface area contributed by atoms with Crippen LogP contribution in [0.5, 0.6) is 11.8 Å². The standard InChI is InChI=1S/C51H65F4N5O5Si/c1-30(2)66(31(3)4,32(5)6)21-17-33-14-12-15-36-41(33)37(23-40(43(36)54)64-29-62-11)42-39(53)22-38-45(44(42)55)56-47(63-28-51-18-13-20-59(51)25-34(52)24-51)57-46(38)58-26-35-16-19-50(10,27-58)60(35)48(61)65-49(7,8)9/h12,14-15,22-23,30-32,34-35H,13,16,18-20,24-29H2,1-11H3/t34-,35-,50+,51+/m1/s1. The van der Waals surface area contributed by atoms with Crippen LogP contribution in [0.15, 0.2) is 30.3 Å². The summed E-state index contributed by atoms with van der Waals surface area (Å²) in [6, 6.07) is 7.14. The number of methoxy groups -OCH3 is 1. The van der Waals surface area contributed by atoms with E-state index in [0.29, 0.717) is 61.1 Å². The zero-order chi connectivity index (χ0) is 47.7. The molecule has 4 saturated heterocycles. The zero-order valence-corrected chi connectivity index (χ0v) is 41.3. The number of benzene rings is 3. The van der Waals surface area contributed by atoms with Gasteiger partial charge in [0, 0.05) is 60.5 Å². The van der Waals surface area contributed by atoms with Crippen LogP contribution in [-0.2, 0) is 9.47 Å². The number of anilines is 1. The van der Waals surface area contributed by atoms with Gasteiger partial charge in [0.05, 0.1) is 22.7 Å². The second-order valence-corrected chi connectivity index (χ2v) is 26.8. The predicted molar refractivity (Wildman–Crippen MR) is 253 cm³/mol. The van der Waals surface area contributed by atoms with Gasteiger partial charge in [0.2, 0.25) is 0 Å². The molecule has 10 nitrogen and oxygen atoms in total. The molecular weight excluding hydrogens is 867 g/mol. The average molecular weight is 932 g/mol. The fraction of sp³-hybridized carbons (Fsp3) is 0.588. The summed E-state index contributed by atoms with van der Waals surface area (Å²) in [6.45, 7) is 22.1. The van der Waals surface area contributed by atoms with E-state index in [0.717, 1.165) is 19.4 Å². The molecule has 0 spiro atoms. The van der Waals surface area contributed by atoms with Crippen LogP contribution in [0.2, 0.25) is 16.6 Å². The number of fused-ring (bicyclic) bond motifs is 5. The van der Waals surface area contributed by atoms with Crippen LogP contribution in [0, 0.1) is 28.9 Å². The minimum absolute atomic E-state index is 0.0322. The van der Waals surface area contributed by atoms with Gasteiger partial charge < -0.3 is 23.8 Å². The molecule has 1 aromatic heterocycles. The number of alkyl halides is 1. The van der Waals surface area contributed by atoms with Gasteiger partial charge in [0.25, 0.3) is 0 Å². The lowest BCUT2D eigenvalue weighted by atomic mass is 9.92. The van der Waals surface area contributed by atoms with E-state index in [4.69, 9.17) is 23.9 Å². The van der Waals surface area contributed by atoms with E-state index >= 15 is 13.2 Å². The van der Waals surface area contributed by atoms with E-state index in [1.807, 2.05) is 32.6 Å². The van der Waals surface area contributed by atoms with Crippen LogP contribution in [0.1, 0.15) is 107 Å². The van der Waals surface area contributed by atoms with Crippen molar-refractivity contribution in [3.63, 3.8) is 0 Å². The van der Waals surface area contributed by atoms with E-state index < -0.39 is 60.0 Å². The lowest BCUT2D eigenvalue weighted by molar-refractivity contribution is -0.00281. The minimum Gasteiger partial charge on any atom is -0.464 e. The smallest absolute Gasteiger partial charge is 0.411 e. The number of piperazine rings is 1. The van der Waals surface area contributed by atoms with E-state index in [2.05, 4.69) is 62.9 Å². The fourth-order valence-corrected chi connectivity index (χ4v) is 17.2. The first-order valence-corrected chi connectivity index (χ1v) is 25.8. The van der Waals surface area contributed by atoms with Gasteiger partial charge in [-0.15, -0.1) is 5.54 Å². The third kappa shape index (κ3) is 8.37. The number of aromatic nitrogens is 2. The second-order valence-electron chi connectivity index (χ2n) is 21.2. The Morgan fingerprint density at radius 1 is 0.970 bits per heavy atom. The molecule has 0 unspecified atom stereocenters. The summed E-state index contributed by atoms with van der Waals surface area (Å²) in [5.74, 6) is 0.778. The van der Waals surface area contributed by atoms with Gasteiger partial charge in [-0.1, -0.05) is 59.6 Å². The first kappa shape index (κ1) is 47.8. The van der Waals surface area contributed by atoms with Crippen LogP contribution >= 0.6 is 0 Å². The highest BCUT2D eigenvalue weighted by atomic mass is 28.3. The highest BCUT2D eigenvalue weighted by molar-refractivity contribution is 6.90. The molecule has 4 aliphatic heterocycles. The van der Waals surface area contributed by atoms with E-state index in [9.17, 15) is 9.18 Å². The predicted octanol–water partition coefficient (Wildman–Crippen LogP) is 11.4. The number of hydrogen-bond donors (Lipinski definition) is 0. The van der Waals surface area contributed by atoms with Crippen LogP contribution in [0.25, 0.3) is 32.8 Å². The minimum atomic E-state index is -2.32. The molecule has 8 rings (SSSR count). The molecule has 4 fully saturated rings. The van der Waals surface area contributed by atoms with Crippen molar-refractivity contribution < 1.29 is 41.3 Å². The van der Waals surface area contributed by atoms with Gasteiger partial charge in [0.15, 0.2) is 24.2 Å². The van der Waals surface area contributed by atoms with Gasteiger partial charge in [-0.2, -0.15) is 9.97 Å². The number of hydrogen-bond acceptors (Lipinski definition) is 9. The molecule has 2 bridgehead atoms. The van der Waals surface area contributed by atoms with Gasteiger partial charge in [-0.25, -0.2) is 22.4 Å². The van der Waals surface area contributed by atoms with Crippen molar-refractivity contribution >= 4 is 41.7 Å². The van der Waals surface area contributed by atoms with Crippen LogP contribution in [0.4, 0.5) is 28.2 Å². The van der Waals surface area contributed by atoms with Crippen molar-refractivity contribution in [2.24, 2.45) is 0 Å². The van der Waals surface area contributed by atoms with Gasteiger partial charge in [-0.05, 0) is 94.7 Å². The molecule has 4 aliphatic rings. The normalized spacial score (nSPS) is 23.4. The molecule has 3 aromatic carbocycles.